The van der Waals surface area contributed by atoms with Crippen molar-refractivity contribution < 1.29 is 14.3 Å². The fourth-order valence-corrected chi connectivity index (χ4v) is 4.46. The summed E-state index contributed by atoms with van der Waals surface area (Å²) in [5.41, 5.74) is 0.709. The number of piperazine rings is 1. The summed E-state index contributed by atoms with van der Waals surface area (Å²) in [5, 5.41) is 6.57. The van der Waals surface area contributed by atoms with E-state index in [1.165, 1.54) is 11.8 Å². The van der Waals surface area contributed by atoms with E-state index < -0.39 is 0 Å². The van der Waals surface area contributed by atoms with Crippen LogP contribution in [0.1, 0.15) is 6.92 Å². The van der Waals surface area contributed by atoms with E-state index in [0.29, 0.717) is 48.0 Å². The molecule has 0 radical (unpaired) electrons. The first-order valence-corrected chi connectivity index (χ1v) is 12.7. The lowest BCUT2D eigenvalue weighted by atomic mass is 10.2. The number of thioether (sulfide) groups is 1. The highest BCUT2D eigenvalue weighted by Crippen LogP contribution is 2.24. The molecule has 10 nitrogen and oxygen atoms in total. The second-order valence-corrected chi connectivity index (χ2v) is 9.75. The Morgan fingerprint density at radius 3 is 2.63 bits per heavy atom. The van der Waals surface area contributed by atoms with Gasteiger partial charge in [-0.15, -0.1) is 0 Å². The number of benzene rings is 1. The van der Waals surface area contributed by atoms with Crippen LogP contribution in [0.3, 0.4) is 0 Å². The highest BCUT2D eigenvalue weighted by atomic mass is 35.5. The van der Waals surface area contributed by atoms with E-state index in [-0.39, 0.29) is 23.7 Å². The summed E-state index contributed by atoms with van der Waals surface area (Å²) in [6.45, 7) is 5.08. The molecule has 1 aromatic heterocycles. The molecule has 35 heavy (non-hydrogen) atoms. The molecular weight excluding hydrogens is 490 g/mol. The first kappa shape index (κ1) is 26.8. The van der Waals surface area contributed by atoms with Gasteiger partial charge in [-0.1, -0.05) is 23.4 Å². The lowest BCUT2D eigenvalue weighted by molar-refractivity contribution is -0.118. The van der Waals surface area contributed by atoms with Crippen LogP contribution in [0.2, 0.25) is 5.15 Å². The van der Waals surface area contributed by atoms with E-state index in [1.807, 2.05) is 38.1 Å². The molecule has 2 aromatic rings. The number of ether oxygens (including phenoxy) is 1. The second-order valence-electron chi connectivity index (χ2n) is 8.42. The van der Waals surface area contributed by atoms with Crippen LogP contribution in [-0.2, 0) is 4.79 Å². The minimum Gasteiger partial charge on any atom is -0.497 e. The first-order chi connectivity index (χ1) is 16.7. The van der Waals surface area contributed by atoms with Gasteiger partial charge in [-0.2, -0.15) is 0 Å². The molecule has 3 rings (SSSR count). The number of amides is 3. The quantitative estimate of drug-likeness (QED) is 0.295. The van der Waals surface area contributed by atoms with E-state index >= 15 is 0 Å². The molecule has 0 aliphatic carbocycles. The van der Waals surface area contributed by atoms with Crippen LogP contribution in [0.15, 0.2) is 35.5 Å². The van der Waals surface area contributed by atoms with Crippen molar-refractivity contribution in [3.8, 4) is 5.75 Å². The van der Waals surface area contributed by atoms with Crippen LogP contribution in [0, 0.1) is 0 Å². The van der Waals surface area contributed by atoms with Crippen LogP contribution >= 0.6 is 23.4 Å². The van der Waals surface area contributed by atoms with E-state index in [9.17, 15) is 9.59 Å². The number of aromatic nitrogens is 2. The number of halogens is 1. The smallest absolute Gasteiger partial charge is 0.322 e. The summed E-state index contributed by atoms with van der Waals surface area (Å²) in [6, 6.07) is 8.74. The second kappa shape index (κ2) is 12.8. The zero-order valence-corrected chi connectivity index (χ0v) is 22.0. The molecule has 1 fully saturated rings. The lowest BCUT2D eigenvalue weighted by Crippen LogP contribution is -2.55. The summed E-state index contributed by atoms with van der Waals surface area (Å²) < 4.78 is 5.16. The number of carbonyl (C=O) groups is 2. The fourth-order valence-electron chi connectivity index (χ4n) is 3.55. The van der Waals surface area contributed by atoms with Crippen molar-refractivity contribution in [1.29, 1.82) is 0 Å². The molecule has 0 bridgehead atoms. The number of urea groups is 1. The normalized spacial score (nSPS) is 15.8. The number of rotatable bonds is 9. The Hall–Kier alpha value is -2.76. The summed E-state index contributed by atoms with van der Waals surface area (Å²) in [7, 11) is 5.51. The highest BCUT2D eigenvalue weighted by molar-refractivity contribution is 7.99. The number of hydrogen-bond acceptors (Lipinski definition) is 8. The van der Waals surface area contributed by atoms with E-state index in [4.69, 9.17) is 16.3 Å². The van der Waals surface area contributed by atoms with Gasteiger partial charge in [0.15, 0.2) is 5.16 Å². The Labute approximate surface area is 215 Å². The van der Waals surface area contributed by atoms with Crippen LogP contribution in [-0.4, -0.2) is 97.4 Å². The average molecular weight is 522 g/mol. The third-order valence-electron chi connectivity index (χ3n) is 5.43. The largest absolute Gasteiger partial charge is 0.497 e. The molecule has 1 atom stereocenters. The van der Waals surface area contributed by atoms with Crippen molar-refractivity contribution in [2.45, 2.75) is 18.1 Å². The number of likely N-dealkylation sites (N-methyl/N-ethyl adjacent to an activating group) is 1. The number of nitrogens with one attached hydrogen (secondary N) is 2. The van der Waals surface area contributed by atoms with Crippen LogP contribution in [0.25, 0.3) is 0 Å². The average Bonchev–Trinajstić information content (AvgIpc) is 2.82. The molecule has 190 valence electrons. The molecule has 3 amide bonds. The Balaban J connectivity index is 1.55. The monoisotopic (exact) mass is 521 g/mol. The Morgan fingerprint density at radius 1 is 1.23 bits per heavy atom. The van der Waals surface area contributed by atoms with Gasteiger partial charge in [0.25, 0.3) is 0 Å². The van der Waals surface area contributed by atoms with Crippen molar-refractivity contribution in [2.24, 2.45) is 0 Å². The van der Waals surface area contributed by atoms with Gasteiger partial charge in [-0.05, 0) is 45.3 Å². The summed E-state index contributed by atoms with van der Waals surface area (Å²) in [6.07, 6.45) is 0. The van der Waals surface area contributed by atoms with Gasteiger partial charge in [0.1, 0.15) is 16.7 Å². The SMILES string of the molecule is COc1ccc(NC(=O)N2CCN(c3cc(Cl)nc(SCC(=O)NCCN(C)C)n3)CC2C)cc1. The molecule has 1 unspecified atom stereocenters. The molecule has 2 N–H and O–H groups in total. The molecule has 1 aliphatic heterocycles. The highest BCUT2D eigenvalue weighted by Gasteiger charge is 2.28. The molecule has 1 saturated heterocycles. The van der Waals surface area contributed by atoms with Crippen LogP contribution in [0.5, 0.6) is 5.75 Å². The summed E-state index contributed by atoms with van der Waals surface area (Å²) >= 11 is 7.50. The topological polar surface area (TPSA) is 103 Å². The summed E-state index contributed by atoms with van der Waals surface area (Å²) in [5.74, 6) is 1.55. The number of nitrogens with zero attached hydrogens (tertiary/aromatic N) is 5. The third kappa shape index (κ3) is 8.15. The predicted molar refractivity (Wildman–Crippen MR) is 140 cm³/mol. The van der Waals surface area contributed by atoms with E-state index in [2.05, 4.69) is 25.5 Å². The van der Waals surface area contributed by atoms with Gasteiger partial charge in [0.2, 0.25) is 5.91 Å². The standard InChI is InChI=1S/C23H32ClN7O3S/c1-16-14-30(11-12-31(16)23(33)26-17-5-7-18(34-4)8-6-17)20-13-19(24)27-22(28-20)35-15-21(32)25-9-10-29(2)3/h5-8,13,16H,9-12,14-15H2,1-4H3,(H,25,32)(H,26,33). The zero-order valence-electron chi connectivity index (χ0n) is 20.5. The van der Waals surface area contributed by atoms with Gasteiger partial charge < -0.3 is 30.1 Å². The van der Waals surface area contributed by atoms with Crippen molar-refractivity contribution in [2.75, 3.05) is 69.9 Å². The molecule has 0 spiro atoms. The minimum absolute atomic E-state index is 0.0469. The van der Waals surface area contributed by atoms with Crippen molar-refractivity contribution in [3.63, 3.8) is 0 Å². The van der Waals surface area contributed by atoms with Gasteiger partial charge in [0.05, 0.1) is 12.9 Å². The molecule has 0 saturated carbocycles. The Morgan fingerprint density at radius 2 is 1.97 bits per heavy atom. The number of anilines is 2. The molecule has 2 heterocycles. The minimum atomic E-state index is -0.153. The fraction of sp³-hybridized carbons (Fsp3) is 0.478. The lowest BCUT2D eigenvalue weighted by Gasteiger charge is -2.40. The number of carbonyl (C=O) groups excluding carboxylic acids is 2. The number of hydrogen-bond donors (Lipinski definition) is 2. The van der Waals surface area contributed by atoms with Crippen molar-refractivity contribution in [3.05, 3.63) is 35.5 Å². The van der Waals surface area contributed by atoms with Gasteiger partial charge in [-0.3, -0.25) is 4.79 Å². The molecule has 1 aromatic carbocycles. The van der Waals surface area contributed by atoms with Crippen LogP contribution < -0.4 is 20.3 Å². The number of methoxy groups -OCH3 is 1. The van der Waals surface area contributed by atoms with Gasteiger partial charge >= 0.3 is 6.03 Å². The first-order valence-electron chi connectivity index (χ1n) is 11.3. The molecular formula is C23H32ClN7O3S. The Kier molecular flexibility index (Phi) is 9.82. The maximum absolute atomic E-state index is 12.8. The van der Waals surface area contributed by atoms with Crippen molar-refractivity contribution >= 4 is 46.8 Å². The van der Waals surface area contributed by atoms with E-state index in [0.717, 1.165) is 12.3 Å². The van der Waals surface area contributed by atoms with E-state index in [1.54, 1.807) is 30.2 Å². The third-order valence-corrected chi connectivity index (χ3v) is 6.47. The maximum Gasteiger partial charge on any atom is 0.322 e. The predicted octanol–water partition coefficient (Wildman–Crippen LogP) is 2.65. The Bertz CT molecular complexity index is 1010. The zero-order chi connectivity index (χ0) is 25.4. The van der Waals surface area contributed by atoms with Crippen molar-refractivity contribution in [1.82, 2.24) is 25.1 Å². The van der Waals surface area contributed by atoms with Gasteiger partial charge in [0, 0.05) is 50.5 Å². The van der Waals surface area contributed by atoms with Crippen LogP contribution in [0.4, 0.5) is 16.3 Å². The summed E-state index contributed by atoms with van der Waals surface area (Å²) in [4.78, 5) is 39.6. The van der Waals surface area contributed by atoms with Gasteiger partial charge in [-0.25, -0.2) is 14.8 Å². The molecule has 1 aliphatic rings. The molecule has 12 heteroatoms. The maximum atomic E-state index is 12.8.